The van der Waals surface area contributed by atoms with Crippen LogP contribution in [-0.2, 0) is 0 Å². The summed E-state index contributed by atoms with van der Waals surface area (Å²) in [6.45, 7) is 0. The zero-order valence-electron chi connectivity index (χ0n) is 30.0. The zero-order chi connectivity index (χ0) is 36.7. The van der Waals surface area contributed by atoms with Crippen molar-refractivity contribution in [2.75, 3.05) is 0 Å². The molecule has 56 heavy (non-hydrogen) atoms. The summed E-state index contributed by atoms with van der Waals surface area (Å²) in [6.07, 6.45) is 1.84. The lowest BCUT2D eigenvalue weighted by atomic mass is 10.0. The van der Waals surface area contributed by atoms with Crippen molar-refractivity contribution >= 4 is 55.8 Å². The van der Waals surface area contributed by atoms with E-state index in [2.05, 4.69) is 182 Å². The Bertz CT molecular complexity index is 3210. The van der Waals surface area contributed by atoms with Gasteiger partial charge in [-0.2, -0.15) is 0 Å². The van der Waals surface area contributed by atoms with Crippen LogP contribution in [-0.4, -0.2) is 32.9 Å². The van der Waals surface area contributed by atoms with Crippen LogP contribution in [0.3, 0.4) is 0 Å². The quantitative estimate of drug-likeness (QED) is 0.178. The Labute approximate surface area is 320 Å². The summed E-state index contributed by atoms with van der Waals surface area (Å²) in [7, 11) is 0. The van der Waals surface area contributed by atoms with Gasteiger partial charge in [0.15, 0.2) is 5.65 Å². The fourth-order valence-electron chi connectivity index (χ4n) is 8.41. The van der Waals surface area contributed by atoms with E-state index in [9.17, 15) is 0 Å². The number of pyridine rings is 1. The highest BCUT2D eigenvalue weighted by molar-refractivity contribution is 5.97. The number of fused-ring (bicyclic) bond motifs is 10. The number of para-hydroxylation sites is 2. The molecule has 0 saturated heterocycles. The van der Waals surface area contributed by atoms with Crippen LogP contribution in [0.5, 0.6) is 0 Å². The SMILES string of the molecule is c1ccc(-c2ccc(-n3c4ccc(-c5ccc6c(c5)n5c7ncccc7nc5n6-c5ccc(-c6ccccc6)cc5)cc4n4c5ccccc5nc34)cc2)cc1. The van der Waals surface area contributed by atoms with Crippen LogP contribution < -0.4 is 0 Å². The first-order chi connectivity index (χ1) is 27.8. The van der Waals surface area contributed by atoms with Crippen LogP contribution in [0.1, 0.15) is 0 Å². The number of imidazole rings is 4. The number of hydrogen-bond donors (Lipinski definition) is 0. The molecule has 0 spiro atoms. The molecule has 0 aliphatic rings. The van der Waals surface area contributed by atoms with Gasteiger partial charge in [-0.25, -0.2) is 15.0 Å². The predicted octanol–water partition coefficient (Wildman–Crippen LogP) is 11.6. The molecule has 12 aromatic rings. The van der Waals surface area contributed by atoms with Gasteiger partial charge in [0, 0.05) is 17.6 Å². The molecule has 5 heterocycles. The third-order valence-electron chi connectivity index (χ3n) is 11.1. The molecule has 0 aliphatic carbocycles. The minimum absolute atomic E-state index is 0.829. The van der Waals surface area contributed by atoms with Crippen molar-refractivity contribution in [1.82, 2.24) is 32.9 Å². The third-order valence-corrected chi connectivity index (χ3v) is 11.1. The van der Waals surface area contributed by atoms with E-state index in [4.69, 9.17) is 15.0 Å². The molecule has 0 unspecified atom stereocenters. The molecule has 7 aromatic carbocycles. The third kappa shape index (κ3) is 4.55. The van der Waals surface area contributed by atoms with E-state index < -0.39 is 0 Å². The van der Waals surface area contributed by atoms with Crippen molar-refractivity contribution < 1.29 is 0 Å². The molecule has 7 nitrogen and oxygen atoms in total. The highest BCUT2D eigenvalue weighted by atomic mass is 15.2. The Balaban J connectivity index is 1.04. The number of benzene rings is 7. The predicted molar refractivity (Wildman–Crippen MR) is 227 cm³/mol. The van der Waals surface area contributed by atoms with Gasteiger partial charge in [-0.05, 0) is 106 Å². The van der Waals surface area contributed by atoms with Crippen LogP contribution in [0.25, 0.3) is 101 Å². The molecule has 262 valence electrons. The van der Waals surface area contributed by atoms with Gasteiger partial charge in [0.25, 0.3) is 0 Å². The average molecular weight is 718 g/mol. The van der Waals surface area contributed by atoms with Crippen LogP contribution >= 0.6 is 0 Å². The summed E-state index contributed by atoms with van der Waals surface area (Å²) in [5.74, 6) is 1.71. The molecular formula is C49H31N7. The van der Waals surface area contributed by atoms with Gasteiger partial charge < -0.3 is 0 Å². The average Bonchev–Trinajstić information content (AvgIpc) is 4.00. The van der Waals surface area contributed by atoms with Gasteiger partial charge >= 0.3 is 0 Å². The summed E-state index contributed by atoms with van der Waals surface area (Å²) in [4.78, 5) is 15.1. The molecule has 0 radical (unpaired) electrons. The van der Waals surface area contributed by atoms with Gasteiger partial charge in [0.2, 0.25) is 11.6 Å². The van der Waals surface area contributed by atoms with Gasteiger partial charge in [-0.1, -0.05) is 109 Å². The fourth-order valence-corrected chi connectivity index (χ4v) is 8.41. The largest absolute Gasteiger partial charge is 0.278 e. The molecule has 12 rings (SSSR count). The first-order valence-corrected chi connectivity index (χ1v) is 18.8. The molecule has 0 amide bonds. The van der Waals surface area contributed by atoms with E-state index in [0.29, 0.717) is 0 Å². The molecule has 0 N–H and O–H groups in total. The van der Waals surface area contributed by atoms with E-state index >= 15 is 0 Å². The second-order valence-electron chi connectivity index (χ2n) is 14.2. The van der Waals surface area contributed by atoms with Crippen molar-refractivity contribution in [2.24, 2.45) is 0 Å². The Morgan fingerprint density at radius 3 is 1.39 bits per heavy atom. The van der Waals surface area contributed by atoms with Gasteiger partial charge in [0.05, 0.1) is 33.1 Å². The number of hydrogen-bond acceptors (Lipinski definition) is 3. The summed E-state index contributed by atoms with van der Waals surface area (Å²) >= 11 is 0. The first kappa shape index (κ1) is 30.7. The van der Waals surface area contributed by atoms with Gasteiger partial charge in [-0.15, -0.1) is 0 Å². The minimum atomic E-state index is 0.829. The maximum atomic E-state index is 5.17. The highest BCUT2D eigenvalue weighted by Crippen LogP contribution is 2.36. The van der Waals surface area contributed by atoms with Gasteiger partial charge in [0.1, 0.15) is 5.52 Å². The van der Waals surface area contributed by atoms with Crippen LogP contribution in [0.4, 0.5) is 0 Å². The molecular weight excluding hydrogens is 687 g/mol. The number of rotatable bonds is 5. The Morgan fingerprint density at radius 1 is 0.321 bits per heavy atom. The normalized spacial score (nSPS) is 11.9. The summed E-state index contributed by atoms with van der Waals surface area (Å²) in [5, 5.41) is 0. The minimum Gasteiger partial charge on any atom is -0.278 e. The summed E-state index contributed by atoms with van der Waals surface area (Å²) in [5.41, 5.74) is 17.1. The van der Waals surface area contributed by atoms with E-state index in [-0.39, 0.29) is 0 Å². The van der Waals surface area contributed by atoms with Crippen LogP contribution in [0.15, 0.2) is 188 Å². The number of aromatic nitrogens is 7. The lowest BCUT2D eigenvalue weighted by Crippen LogP contribution is -1.95. The summed E-state index contributed by atoms with van der Waals surface area (Å²) < 4.78 is 8.99. The molecule has 0 atom stereocenters. The lowest BCUT2D eigenvalue weighted by molar-refractivity contribution is 1.10. The standard InChI is InChI=1S/C49H31N7/c1-3-10-32(11-4-1)34-17-23-38(24-18-34)53-43-27-21-36(30-45(43)55-42-16-8-7-14-40(42)51-48(53)55)37-22-28-44-46(31-37)56-47-41(15-9-29-50-47)52-49(56)54(44)39-25-19-35(20-26-39)33-12-5-2-6-13-33/h1-31H. The zero-order valence-corrected chi connectivity index (χ0v) is 30.0. The van der Waals surface area contributed by atoms with Crippen LogP contribution in [0, 0.1) is 0 Å². The Kier molecular flexibility index (Phi) is 6.50. The molecule has 0 aliphatic heterocycles. The van der Waals surface area contributed by atoms with E-state index in [0.717, 1.165) is 78.3 Å². The molecule has 0 bridgehead atoms. The monoisotopic (exact) mass is 717 g/mol. The molecule has 0 saturated carbocycles. The Morgan fingerprint density at radius 2 is 0.786 bits per heavy atom. The lowest BCUT2D eigenvalue weighted by Gasteiger charge is -2.09. The van der Waals surface area contributed by atoms with E-state index in [1.807, 2.05) is 24.4 Å². The van der Waals surface area contributed by atoms with Crippen molar-refractivity contribution in [3.63, 3.8) is 0 Å². The summed E-state index contributed by atoms with van der Waals surface area (Å²) in [6, 6.07) is 64.3. The second-order valence-corrected chi connectivity index (χ2v) is 14.2. The van der Waals surface area contributed by atoms with Crippen molar-refractivity contribution in [3.8, 4) is 44.8 Å². The maximum absolute atomic E-state index is 5.17. The van der Waals surface area contributed by atoms with Crippen LogP contribution in [0.2, 0.25) is 0 Å². The van der Waals surface area contributed by atoms with Crippen molar-refractivity contribution in [1.29, 1.82) is 0 Å². The van der Waals surface area contributed by atoms with Crippen molar-refractivity contribution in [2.45, 2.75) is 0 Å². The van der Waals surface area contributed by atoms with E-state index in [1.54, 1.807) is 0 Å². The fraction of sp³-hybridized carbons (Fsp3) is 0. The van der Waals surface area contributed by atoms with Crippen molar-refractivity contribution in [3.05, 3.63) is 188 Å². The number of nitrogens with zero attached hydrogens (tertiary/aromatic N) is 7. The highest BCUT2D eigenvalue weighted by Gasteiger charge is 2.21. The molecule has 5 aromatic heterocycles. The smallest absolute Gasteiger partial charge is 0.221 e. The topological polar surface area (TPSA) is 57.4 Å². The second kappa shape index (κ2) is 11.9. The first-order valence-electron chi connectivity index (χ1n) is 18.8. The Hall–Kier alpha value is -7.77. The van der Waals surface area contributed by atoms with Gasteiger partial charge in [-0.3, -0.25) is 17.9 Å². The molecule has 7 heteroatoms. The molecule has 0 fully saturated rings. The van der Waals surface area contributed by atoms with E-state index in [1.165, 1.54) is 22.3 Å². The maximum Gasteiger partial charge on any atom is 0.221 e.